The number of aryl methyl sites for hydroxylation is 1. The number of para-hydroxylation sites is 1. The summed E-state index contributed by atoms with van der Waals surface area (Å²) < 4.78 is 0. The van der Waals surface area contributed by atoms with Crippen molar-refractivity contribution >= 4 is 29.1 Å². The summed E-state index contributed by atoms with van der Waals surface area (Å²) in [5, 5.41) is 6.70. The SMILES string of the molecule is Cc1ccccc1Nc1nccc(C(=O)NCCc2cccc(Cl)c2)n1. The van der Waals surface area contributed by atoms with E-state index in [0.717, 1.165) is 16.8 Å². The Labute approximate surface area is 157 Å². The van der Waals surface area contributed by atoms with Crippen LogP contribution in [-0.4, -0.2) is 22.4 Å². The highest BCUT2D eigenvalue weighted by Gasteiger charge is 2.09. The van der Waals surface area contributed by atoms with Gasteiger partial charge in [-0.3, -0.25) is 4.79 Å². The highest BCUT2D eigenvalue weighted by atomic mass is 35.5. The molecule has 1 aromatic heterocycles. The van der Waals surface area contributed by atoms with Crippen LogP contribution >= 0.6 is 11.6 Å². The molecule has 2 aromatic carbocycles. The second kappa shape index (κ2) is 8.45. The van der Waals surface area contributed by atoms with Crippen molar-refractivity contribution in [2.45, 2.75) is 13.3 Å². The number of carbonyl (C=O) groups excluding carboxylic acids is 1. The lowest BCUT2D eigenvalue weighted by molar-refractivity contribution is 0.0949. The number of aromatic nitrogens is 2. The summed E-state index contributed by atoms with van der Waals surface area (Å²) in [7, 11) is 0. The van der Waals surface area contributed by atoms with Gasteiger partial charge in [0, 0.05) is 23.5 Å². The fourth-order valence-electron chi connectivity index (χ4n) is 2.48. The number of anilines is 2. The number of nitrogens with one attached hydrogen (secondary N) is 2. The quantitative estimate of drug-likeness (QED) is 0.687. The van der Waals surface area contributed by atoms with Gasteiger partial charge in [0.05, 0.1) is 0 Å². The lowest BCUT2D eigenvalue weighted by Crippen LogP contribution is -2.26. The molecule has 1 amide bonds. The summed E-state index contributed by atoms with van der Waals surface area (Å²) in [5.41, 5.74) is 3.38. The van der Waals surface area contributed by atoms with E-state index in [9.17, 15) is 4.79 Å². The molecular formula is C20H19ClN4O. The zero-order chi connectivity index (χ0) is 18.4. The van der Waals surface area contributed by atoms with Crippen molar-refractivity contribution in [3.8, 4) is 0 Å². The Morgan fingerprint density at radius 3 is 2.77 bits per heavy atom. The van der Waals surface area contributed by atoms with Crippen molar-refractivity contribution in [1.82, 2.24) is 15.3 Å². The van der Waals surface area contributed by atoms with Crippen LogP contribution in [0.1, 0.15) is 21.6 Å². The summed E-state index contributed by atoms with van der Waals surface area (Å²) in [6.07, 6.45) is 2.27. The topological polar surface area (TPSA) is 66.9 Å². The first-order valence-electron chi connectivity index (χ1n) is 8.30. The Hall–Kier alpha value is -2.92. The molecule has 0 unspecified atom stereocenters. The summed E-state index contributed by atoms with van der Waals surface area (Å²) in [6, 6.07) is 17.0. The predicted molar refractivity (Wildman–Crippen MR) is 104 cm³/mol. The molecule has 0 aliphatic heterocycles. The first-order chi connectivity index (χ1) is 12.6. The summed E-state index contributed by atoms with van der Waals surface area (Å²) in [5.74, 6) is 0.157. The van der Waals surface area contributed by atoms with E-state index in [1.165, 1.54) is 0 Å². The van der Waals surface area contributed by atoms with Gasteiger partial charge in [0.15, 0.2) is 0 Å². The molecule has 2 N–H and O–H groups in total. The van der Waals surface area contributed by atoms with E-state index >= 15 is 0 Å². The molecule has 26 heavy (non-hydrogen) atoms. The van der Waals surface area contributed by atoms with Crippen LogP contribution < -0.4 is 10.6 Å². The van der Waals surface area contributed by atoms with Crippen LogP contribution in [0.25, 0.3) is 0 Å². The van der Waals surface area contributed by atoms with Crippen molar-refractivity contribution in [3.63, 3.8) is 0 Å². The number of amides is 1. The highest BCUT2D eigenvalue weighted by Crippen LogP contribution is 2.17. The van der Waals surface area contributed by atoms with Crippen LogP contribution in [0.4, 0.5) is 11.6 Å². The van der Waals surface area contributed by atoms with E-state index in [4.69, 9.17) is 11.6 Å². The largest absolute Gasteiger partial charge is 0.350 e. The number of nitrogens with zero attached hydrogens (tertiary/aromatic N) is 2. The molecule has 0 fully saturated rings. The van der Waals surface area contributed by atoms with Gasteiger partial charge in [0.2, 0.25) is 5.95 Å². The minimum absolute atomic E-state index is 0.234. The molecule has 6 heteroatoms. The summed E-state index contributed by atoms with van der Waals surface area (Å²) >= 11 is 5.97. The van der Waals surface area contributed by atoms with Crippen LogP contribution in [-0.2, 0) is 6.42 Å². The molecule has 3 rings (SSSR count). The molecule has 0 spiro atoms. The fourth-order valence-corrected chi connectivity index (χ4v) is 2.70. The molecule has 0 saturated heterocycles. The summed E-state index contributed by atoms with van der Waals surface area (Å²) in [4.78, 5) is 20.8. The second-order valence-corrected chi connectivity index (χ2v) is 6.28. The Balaban J connectivity index is 1.60. The Bertz CT molecular complexity index is 914. The molecule has 1 heterocycles. The van der Waals surface area contributed by atoms with Crippen molar-refractivity contribution < 1.29 is 4.79 Å². The molecule has 5 nitrogen and oxygen atoms in total. The zero-order valence-corrected chi connectivity index (χ0v) is 15.1. The number of hydrogen-bond donors (Lipinski definition) is 2. The van der Waals surface area contributed by atoms with Gasteiger partial charge in [-0.15, -0.1) is 0 Å². The van der Waals surface area contributed by atoms with Gasteiger partial charge in [-0.25, -0.2) is 9.97 Å². The van der Waals surface area contributed by atoms with E-state index in [-0.39, 0.29) is 5.91 Å². The van der Waals surface area contributed by atoms with Crippen molar-refractivity contribution in [2.75, 3.05) is 11.9 Å². The van der Waals surface area contributed by atoms with Gasteiger partial charge in [-0.2, -0.15) is 0 Å². The smallest absolute Gasteiger partial charge is 0.270 e. The Morgan fingerprint density at radius 1 is 1.12 bits per heavy atom. The average Bonchev–Trinajstić information content (AvgIpc) is 2.64. The third-order valence-electron chi connectivity index (χ3n) is 3.87. The van der Waals surface area contributed by atoms with Gasteiger partial charge >= 0.3 is 0 Å². The predicted octanol–water partition coefficient (Wildman–Crippen LogP) is 4.15. The van der Waals surface area contributed by atoms with Gasteiger partial charge < -0.3 is 10.6 Å². The molecular weight excluding hydrogens is 348 g/mol. The lowest BCUT2D eigenvalue weighted by atomic mass is 10.1. The third-order valence-corrected chi connectivity index (χ3v) is 4.10. The van der Waals surface area contributed by atoms with E-state index in [1.54, 1.807) is 12.3 Å². The van der Waals surface area contributed by atoms with Crippen molar-refractivity contribution in [1.29, 1.82) is 0 Å². The van der Waals surface area contributed by atoms with Gasteiger partial charge in [-0.05, 0) is 48.7 Å². The Kier molecular flexibility index (Phi) is 5.81. The molecule has 0 radical (unpaired) electrons. The van der Waals surface area contributed by atoms with Crippen LogP contribution in [0.5, 0.6) is 0 Å². The fraction of sp³-hybridized carbons (Fsp3) is 0.150. The lowest BCUT2D eigenvalue weighted by Gasteiger charge is -2.09. The minimum Gasteiger partial charge on any atom is -0.350 e. The molecule has 0 aliphatic carbocycles. The van der Waals surface area contributed by atoms with E-state index < -0.39 is 0 Å². The summed E-state index contributed by atoms with van der Waals surface area (Å²) in [6.45, 7) is 2.50. The molecule has 0 saturated carbocycles. The first kappa shape index (κ1) is 17.9. The molecule has 0 aliphatic rings. The van der Waals surface area contributed by atoms with E-state index in [0.29, 0.717) is 29.6 Å². The number of hydrogen-bond acceptors (Lipinski definition) is 4. The van der Waals surface area contributed by atoms with Crippen LogP contribution in [0.3, 0.4) is 0 Å². The standard InChI is InChI=1S/C20H19ClN4O/c1-14-5-2-3-8-17(14)24-20-23-12-10-18(25-20)19(26)22-11-9-15-6-4-7-16(21)13-15/h2-8,10,12-13H,9,11H2,1H3,(H,22,26)(H,23,24,25). The van der Waals surface area contributed by atoms with Crippen molar-refractivity contribution in [2.24, 2.45) is 0 Å². The van der Waals surface area contributed by atoms with Gasteiger partial charge in [0.25, 0.3) is 5.91 Å². The van der Waals surface area contributed by atoms with Gasteiger partial charge in [-0.1, -0.05) is 41.9 Å². The maximum atomic E-state index is 12.3. The third kappa shape index (κ3) is 4.80. The van der Waals surface area contributed by atoms with Gasteiger partial charge in [0.1, 0.15) is 5.69 Å². The van der Waals surface area contributed by atoms with E-state index in [2.05, 4.69) is 20.6 Å². The first-order valence-corrected chi connectivity index (χ1v) is 8.68. The van der Waals surface area contributed by atoms with Crippen LogP contribution in [0.2, 0.25) is 5.02 Å². The number of halogens is 1. The van der Waals surface area contributed by atoms with Crippen molar-refractivity contribution in [3.05, 3.63) is 82.6 Å². The monoisotopic (exact) mass is 366 g/mol. The van der Waals surface area contributed by atoms with Crippen LogP contribution in [0, 0.1) is 6.92 Å². The molecule has 0 bridgehead atoms. The normalized spacial score (nSPS) is 10.4. The second-order valence-electron chi connectivity index (χ2n) is 5.84. The number of benzene rings is 2. The van der Waals surface area contributed by atoms with Crippen LogP contribution in [0.15, 0.2) is 60.8 Å². The number of carbonyl (C=O) groups is 1. The molecule has 3 aromatic rings. The molecule has 132 valence electrons. The average molecular weight is 367 g/mol. The van der Waals surface area contributed by atoms with E-state index in [1.807, 2.05) is 55.5 Å². The maximum absolute atomic E-state index is 12.3. The Morgan fingerprint density at radius 2 is 1.96 bits per heavy atom. The minimum atomic E-state index is -0.234. The highest BCUT2D eigenvalue weighted by molar-refractivity contribution is 6.30. The zero-order valence-electron chi connectivity index (χ0n) is 14.4. The number of rotatable bonds is 6. The molecule has 0 atom stereocenters. The maximum Gasteiger partial charge on any atom is 0.270 e.